The van der Waals surface area contributed by atoms with Crippen LogP contribution in [0, 0.1) is 18.6 Å². The van der Waals surface area contributed by atoms with Crippen LogP contribution in [0.15, 0.2) is 12.1 Å². The third-order valence-electron chi connectivity index (χ3n) is 1.87. The first-order valence-corrected chi connectivity index (χ1v) is 5.88. The second-order valence-corrected chi connectivity index (χ2v) is 4.10. The maximum absolute atomic E-state index is 13.2. The summed E-state index contributed by atoms with van der Waals surface area (Å²) >= 11 is 2.09. The Morgan fingerprint density at radius 3 is 2.67 bits per heavy atom. The highest BCUT2D eigenvalue weighted by Gasteiger charge is 2.13. The van der Waals surface area contributed by atoms with Crippen molar-refractivity contribution in [3.8, 4) is 0 Å². The smallest absolute Gasteiger partial charge is 0.254 e. The molecule has 0 spiro atoms. The van der Waals surface area contributed by atoms with Crippen LogP contribution in [0.1, 0.15) is 15.9 Å². The van der Waals surface area contributed by atoms with Gasteiger partial charge in [0, 0.05) is 17.0 Å². The quantitative estimate of drug-likeness (QED) is 0.671. The van der Waals surface area contributed by atoms with Gasteiger partial charge in [0.25, 0.3) is 5.91 Å². The fourth-order valence-corrected chi connectivity index (χ4v) is 1.36. The third kappa shape index (κ3) is 3.12. The summed E-state index contributed by atoms with van der Waals surface area (Å²) in [6.45, 7) is 1.96. The molecule has 1 rings (SSSR count). The maximum atomic E-state index is 13.2. The number of aryl methyl sites for hydroxylation is 1. The Morgan fingerprint density at radius 2 is 2.07 bits per heavy atom. The largest absolute Gasteiger partial charge is 0.351 e. The Labute approximate surface area is 100 Å². The standard InChI is InChI=1S/C10H10F2INO/c1-6-4-7(9(12)5-8(6)11)10(15)14-3-2-13/h4-5H,2-3H2,1H3,(H,14,15). The number of hydrogen-bond acceptors (Lipinski definition) is 1. The second-order valence-electron chi connectivity index (χ2n) is 3.03. The first-order valence-electron chi connectivity index (χ1n) is 4.36. The summed E-state index contributed by atoms with van der Waals surface area (Å²) in [5.41, 5.74) is 0.148. The van der Waals surface area contributed by atoms with E-state index in [1.54, 1.807) is 0 Å². The molecule has 0 fully saturated rings. The van der Waals surface area contributed by atoms with Crippen LogP contribution in [-0.4, -0.2) is 16.9 Å². The lowest BCUT2D eigenvalue weighted by Gasteiger charge is -2.06. The summed E-state index contributed by atoms with van der Waals surface area (Å²) in [5, 5.41) is 2.53. The molecular weight excluding hydrogens is 315 g/mol. The summed E-state index contributed by atoms with van der Waals surface area (Å²) in [6, 6.07) is 1.95. The molecule has 0 aliphatic rings. The number of benzene rings is 1. The molecule has 0 bridgehead atoms. The number of hydrogen-bond donors (Lipinski definition) is 1. The molecule has 15 heavy (non-hydrogen) atoms. The van der Waals surface area contributed by atoms with Gasteiger partial charge in [-0.05, 0) is 18.6 Å². The van der Waals surface area contributed by atoms with E-state index in [9.17, 15) is 13.6 Å². The fraction of sp³-hybridized carbons (Fsp3) is 0.300. The highest BCUT2D eigenvalue weighted by Crippen LogP contribution is 2.13. The molecular formula is C10H10F2INO. The molecule has 82 valence electrons. The van der Waals surface area contributed by atoms with Crippen LogP contribution >= 0.6 is 22.6 Å². The zero-order valence-electron chi connectivity index (χ0n) is 8.11. The Balaban J connectivity index is 2.94. The Bertz CT molecular complexity index is 382. The van der Waals surface area contributed by atoms with Gasteiger partial charge in [-0.1, -0.05) is 22.6 Å². The molecule has 0 saturated heterocycles. The number of rotatable bonds is 3. The molecule has 0 aliphatic heterocycles. The van der Waals surface area contributed by atoms with E-state index in [0.29, 0.717) is 6.54 Å². The Morgan fingerprint density at radius 1 is 1.40 bits per heavy atom. The van der Waals surface area contributed by atoms with Crippen LogP contribution in [0.2, 0.25) is 0 Å². The molecule has 0 atom stereocenters. The van der Waals surface area contributed by atoms with Crippen molar-refractivity contribution in [2.75, 3.05) is 11.0 Å². The van der Waals surface area contributed by atoms with Gasteiger partial charge in [-0.3, -0.25) is 4.79 Å². The molecule has 0 heterocycles. The third-order valence-corrected chi connectivity index (χ3v) is 2.41. The van der Waals surface area contributed by atoms with Crippen LogP contribution in [0.3, 0.4) is 0 Å². The molecule has 0 radical (unpaired) electrons. The van der Waals surface area contributed by atoms with Gasteiger partial charge in [-0.25, -0.2) is 8.78 Å². The first kappa shape index (κ1) is 12.4. The van der Waals surface area contributed by atoms with Crippen molar-refractivity contribution in [2.24, 2.45) is 0 Å². The second kappa shape index (κ2) is 5.39. The van der Waals surface area contributed by atoms with Crippen LogP contribution in [-0.2, 0) is 0 Å². The topological polar surface area (TPSA) is 29.1 Å². The van der Waals surface area contributed by atoms with E-state index in [4.69, 9.17) is 0 Å². The van der Waals surface area contributed by atoms with Crippen molar-refractivity contribution in [1.29, 1.82) is 0 Å². The van der Waals surface area contributed by atoms with Crippen molar-refractivity contribution < 1.29 is 13.6 Å². The number of nitrogens with one attached hydrogen (secondary N) is 1. The minimum Gasteiger partial charge on any atom is -0.351 e. The number of alkyl halides is 1. The zero-order chi connectivity index (χ0) is 11.4. The van der Waals surface area contributed by atoms with E-state index in [-0.39, 0.29) is 11.1 Å². The molecule has 0 aromatic heterocycles. The summed E-state index contributed by atoms with van der Waals surface area (Å²) in [7, 11) is 0. The average molecular weight is 325 g/mol. The van der Waals surface area contributed by atoms with E-state index >= 15 is 0 Å². The number of amides is 1. The van der Waals surface area contributed by atoms with Gasteiger partial charge in [0.05, 0.1) is 5.56 Å². The summed E-state index contributed by atoms with van der Waals surface area (Å²) in [4.78, 5) is 11.4. The zero-order valence-corrected chi connectivity index (χ0v) is 10.3. The Kier molecular flexibility index (Phi) is 4.44. The summed E-state index contributed by atoms with van der Waals surface area (Å²) < 4.78 is 26.8. The highest BCUT2D eigenvalue weighted by molar-refractivity contribution is 14.1. The lowest BCUT2D eigenvalue weighted by Crippen LogP contribution is -2.26. The van der Waals surface area contributed by atoms with E-state index in [0.717, 1.165) is 10.5 Å². The van der Waals surface area contributed by atoms with Crippen molar-refractivity contribution in [3.05, 3.63) is 34.9 Å². The molecule has 0 saturated carbocycles. The van der Waals surface area contributed by atoms with Gasteiger partial charge in [0.2, 0.25) is 0 Å². The van der Waals surface area contributed by atoms with Crippen molar-refractivity contribution in [3.63, 3.8) is 0 Å². The minimum absolute atomic E-state index is 0.112. The minimum atomic E-state index is -0.830. The SMILES string of the molecule is Cc1cc(C(=O)NCCI)c(F)cc1F. The van der Waals surface area contributed by atoms with Crippen LogP contribution in [0.5, 0.6) is 0 Å². The number of carbonyl (C=O) groups is 1. The number of carbonyl (C=O) groups excluding carboxylic acids is 1. The molecule has 5 heteroatoms. The van der Waals surface area contributed by atoms with E-state index in [1.807, 2.05) is 0 Å². The molecule has 0 unspecified atom stereocenters. The van der Waals surface area contributed by atoms with Gasteiger partial charge in [-0.15, -0.1) is 0 Å². The molecule has 2 nitrogen and oxygen atoms in total. The molecule has 0 aliphatic carbocycles. The number of halogens is 3. The van der Waals surface area contributed by atoms with E-state index < -0.39 is 17.5 Å². The molecule has 1 aromatic carbocycles. The lowest BCUT2D eigenvalue weighted by molar-refractivity contribution is 0.0952. The predicted molar refractivity (Wildman–Crippen MR) is 62.3 cm³/mol. The average Bonchev–Trinajstić information content (AvgIpc) is 2.20. The van der Waals surface area contributed by atoms with Gasteiger partial charge < -0.3 is 5.32 Å². The van der Waals surface area contributed by atoms with Crippen molar-refractivity contribution >= 4 is 28.5 Å². The van der Waals surface area contributed by atoms with Crippen molar-refractivity contribution in [1.82, 2.24) is 5.32 Å². The highest BCUT2D eigenvalue weighted by atomic mass is 127. The van der Waals surface area contributed by atoms with Gasteiger partial charge >= 0.3 is 0 Å². The predicted octanol–water partition coefficient (Wildman–Crippen LogP) is 2.44. The van der Waals surface area contributed by atoms with Crippen LogP contribution in [0.25, 0.3) is 0 Å². The summed E-state index contributed by atoms with van der Waals surface area (Å²) in [5.74, 6) is -1.98. The van der Waals surface area contributed by atoms with Crippen LogP contribution < -0.4 is 5.32 Å². The van der Waals surface area contributed by atoms with Gasteiger partial charge in [0.1, 0.15) is 11.6 Å². The monoisotopic (exact) mass is 325 g/mol. The summed E-state index contributed by atoms with van der Waals surface area (Å²) in [6.07, 6.45) is 0. The molecule has 1 N–H and O–H groups in total. The van der Waals surface area contributed by atoms with Crippen molar-refractivity contribution in [2.45, 2.75) is 6.92 Å². The van der Waals surface area contributed by atoms with Crippen LogP contribution in [0.4, 0.5) is 8.78 Å². The van der Waals surface area contributed by atoms with Gasteiger partial charge in [0.15, 0.2) is 0 Å². The normalized spacial score (nSPS) is 10.1. The van der Waals surface area contributed by atoms with Gasteiger partial charge in [-0.2, -0.15) is 0 Å². The van der Waals surface area contributed by atoms with E-state index in [1.165, 1.54) is 13.0 Å². The molecule has 1 amide bonds. The fourth-order valence-electron chi connectivity index (χ4n) is 1.09. The Hall–Kier alpha value is -0.720. The van der Waals surface area contributed by atoms with E-state index in [2.05, 4.69) is 27.9 Å². The maximum Gasteiger partial charge on any atom is 0.254 e. The first-order chi connectivity index (χ1) is 7.06. The molecule has 1 aromatic rings. The lowest BCUT2D eigenvalue weighted by atomic mass is 10.1.